The number of anilines is 1. The van der Waals surface area contributed by atoms with Gasteiger partial charge in [0, 0.05) is 12.3 Å². The SMILES string of the molecule is Nc1ncnc2c1c(=O)ccn2[C@@H]1O[C@H](COC(=O)c2ccccc2)[C@@H](OC(=O)c2ccccc2)[C@H]1OC(=O)c1ccccc1. The molecule has 12 nitrogen and oxygen atoms in total. The summed E-state index contributed by atoms with van der Waals surface area (Å²) in [4.78, 5) is 60.5. The van der Waals surface area contributed by atoms with E-state index in [0.29, 0.717) is 5.56 Å². The number of hydrogen-bond donors (Lipinski definition) is 1. The molecule has 0 spiro atoms. The molecule has 0 bridgehead atoms. The number of ether oxygens (including phenoxy) is 4. The van der Waals surface area contributed by atoms with E-state index in [-0.39, 0.29) is 34.6 Å². The molecule has 0 radical (unpaired) electrons. The fourth-order valence-corrected chi connectivity index (χ4v) is 5.01. The van der Waals surface area contributed by atoms with Gasteiger partial charge in [0.15, 0.2) is 29.5 Å². The quantitative estimate of drug-likeness (QED) is 0.203. The molecule has 3 aromatic carbocycles. The van der Waals surface area contributed by atoms with Crippen molar-refractivity contribution in [1.82, 2.24) is 14.5 Å². The van der Waals surface area contributed by atoms with Gasteiger partial charge in [-0.1, -0.05) is 54.6 Å². The highest BCUT2D eigenvalue weighted by molar-refractivity contribution is 5.91. The highest BCUT2D eigenvalue weighted by Gasteiger charge is 2.51. The summed E-state index contributed by atoms with van der Waals surface area (Å²) in [5.41, 5.74) is 6.45. The molecule has 5 aromatic rings. The molecule has 3 heterocycles. The van der Waals surface area contributed by atoms with Crippen LogP contribution in [0.2, 0.25) is 0 Å². The van der Waals surface area contributed by atoms with Gasteiger partial charge in [0.2, 0.25) is 0 Å². The molecule has 1 aliphatic rings. The lowest BCUT2D eigenvalue weighted by Crippen LogP contribution is -2.41. The Hall–Kier alpha value is -5.88. The standard InChI is InChI=1S/C33H26N4O8/c34-28-25-23(38)16-17-37(29(25)36-19-35-28)30-27(45-33(41)22-14-8-3-9-15-22)26(44-32(40)21-12-6-2-7-13-21)24(43-30)18-42-31(39)20-10-4-1-5-11-20/h1-17,19,24,26-27,30H,18H2,(H2,34,35,36)/t24-,26-,27-,30-/m1/s1. The summed E-state index contributed by atoms with van der Waals surface area (Å²) in [6.45, 7) is -0.369. The Balaban J connectivity index is 1.41. The Labute approximate surface area is 256 Å². The smallest absolute Gasteiger partial charge is 0.338 e. The largest absolute Gasteiger partial charge is 0.459 e. The molecule has 12 heteroatoms. The Morgan fingerprint density at radius 2 is 1.27 bits per heavy atom. The molecular formula is C33H26N4O8. The number of nitrogens with zero attached hydrogens (tertiary/aromatic N) is 3. The zero-order valence-corrected chi connectivity index (χ0v) is 23.6. The average Bonchev–Trinajstić information content (AvgIpc) is 3.40. The van der Waals surface area contributed by atoms with Crippen LogP contribution in [0.1, 0.15) is 37.3 Å². The molecule has 1 aliphatic heterocycles. The zero-order valence-electron chi connectivity index (χ0n) is 23.6. The highest BCUT2D eigenvalue weighted by atomic mass is 16.7. The van der Waals surface area contributed by atoms with Crippen molar-refractivity contribution in [2.24, 2.45) is 0 Å². The van der Waals surface area contributed by atoms with Gasteiger partial charge in [0.25, 0.3) is 0 Å². The molecule has 0 unspecified atom stereocenters. The minimum absolute atomic E-state index is 0.0218. The molecule has 0 saturated carbocycles. The van der Waals surface area contributed by atoms with E-state index in [2.05, 4.69) is 9.97 Å². The number of carbonyl (C=O) groups is 3. The predicted molar refractivity (Wildman–Crippen MR) is 160 cm³/mol. The first-order valence-electron chi connectivity index (χ1n) is 13.9. The molecule has 0 amide bonds. The molecule has 1 fully saturated rings. The fraction of sp³-hybridized carbons (Fsp3) is 0.152. The lowest BCUT2D eigenvalue weighted by Gasteiger charge is -2.26. The van der Waals surface area contributed by atoms with Gasteiger partial charge in [-0.25, -0.2) is 24.4 Å². The number of fused-ring (bicyclic) bond motifs is 1. The first kappa shape index (κ1) is 29.2. The molecule has 2 N–H and O–H groups in total. The summed E-state index contributed by atoms with van der Waals surface area (Å²) in [7, 11) is 0. The van der Waals surface area contributed by atoms with E-state index in [4.69, 9.17) is 24.7 Å². The second kappa shape index (κ2) is 12.8. The number of pyridine rings is 1. The average molecular weight is 607 g/mol. The van der Waals surface area contributed by atoms with Crippen LogP contribution in [0.25, 0.3) is 11.0 Å². The number of carbonyl (C=O) groups excluding carboxylic acids is 3. The topological polar surface area (TPSA) is 162 Å². The molecular weight excluding hydrogens is 580 g/mol. The van der Waals surface area contributed by atoms with Crippen LogP contribution < -0.4 is 11.2 Å². The summed E-state index contributed by atoms with van der Waals surface area (Å²) in [6.07, 6.45) is -2.30. The van der Waals surface area contributed by atoms with Crippen molar-refractivity contribution in [3.8, 4) is 0 Å². The maximum atomic E-state index is 13.4. The number of hydrogen-bond acceptors (Lipinski definition) is 11. The Morgan fingerprint density at radius 3 is 1.84 bits per heavy atom. The molecule has 6 rings (SSSR count). The molecule has 2 aromatic heterocycles. The van der Waals surface area contributed by atoms with Crippen molar-refractivity contribution in [2.45, 2.75) is 24.5 Å². The summed E-state index contributed by atoms with van der Waals surface area (Å²) in [6, 6.07) is 26.0. The molecule has 4 atom stereocenters. The van der Waals surface area contributed by atoms with Crippen molar-refractivity contribution < 1.29 is 33.3 Å². The lowest BCUT2D eigenvalue weighted by molar-refractivity contribution is -0.0606. The Bertz CT molecular complexity index is 1900. The van der Waals surface area contributed by atoms with Gasteiger partial charge in [-0.3, -0.25) is 4.79 Å². The van der Waals surface area contributed by atoms with Crippen LogP contribution in [0.5, 0.6) is 0 Å². The minimum Gasteiger partial charge on any atom is -0.459 e. The number of esters is 3. The predicted octanol–water partition coefficient (Wildman–Crippen LogP) is 3.58. The fourth-order valence-electron chi connectivity index (χ4n) is 5.01. The van der Waals surface area contributed by atoms with Crippen molar-refractivity contribution in [1.29, 1.82) is 0 Å². The van der Waals surface area contributed by atoms with Gasteiger partial charge < -0.3 is 29.2 Å². The van der Waals surface area contributed by atoms with Gasteiger partial charge in [0.05, 0.1) is 16.7 Å². The van der Waals surface area contributed by atoms with E-state index in [1.807, 2.05) is 0 Å². The number of nitrogen functional groups attached to an aromatic ring is 1. The van der Waals surface area contributed by atoms with Crippen LogP contribution in [0.4, 0.5) is 5.82 Å². The van der Waals surface area contributed by atoms with Gasteiger partial charge in [-0.05, 0) is 36.4 Å². The summed E-state index contributed by atoms with van der Waals surface area (Å²) >= 11 is 0. The number of rotatable bonds is 8. The third kappa shape index (κ3) is 6.12. The summed E-state index contributed by atoms with van der Waals surface area (Å²) in [5, 5.41) is 0.0218. The van der Waals surface area contributed by atoms with Crippen LogP contribution in [-0.2, 0) is 18.9 Å². The third-order valence-electron chi connectivity index (χ3n) is 7.19. The van der Waals surface area contributed by atoms with Gasteiger partial charge in [-0.15, -0.1) is 0 Å². The van der Waals surface area contributed by atoms with E-state index in [1.54, 1.807) is 91.0 Å². The zero-order chi connectivity index (χ0) is 31.3. The van der Waals surface area contributed by atoms with Crippen molar-refractivity contribution >= 4 is 34.8 Å². The van der Waals surface area contributed by atoms with Crippen LogP contribution in [0.15, 0.2) is 114 Å². The summed E-state index contributed by atoms with van der Waals surface area (Å²) in [5.74, 6) is -2.14. The maximum absolute atomic E-state index is 13.4. The molecule has 226 valence electrons. The first-order chi connectivity index (χ1) is 21.9. The van der Waals surface area contributed by atoms with Crippen LogP contribution in [0, 0.1) is 0 Å². The maximum Gasteiger partial charge on any atom is 0.338 e. The van der Waals surface area contributed by atoms with Gasteiger partial charge >= 0.3 is 17.9 Å². The van der Waals surface area contributed by atoms with E-state index in [1.165, 1.54) is 23.2 Å². The first-order valence-corrected chi connectivity index (χ1v) is 13.9. The van der Waals surface area contributed by atoms with Crippen molar-refractivity contribution in [3.63, 3.8) is 0 Å². The van der Waals surface area contributed by atoms with E-state index >= 15 is 0 Å². The van der Waals surface area contributed by atoms with E-state index in [9.17, 15) is 19.2 Å². The lowest BCUT2D eigenvalue weighted by atomic mass is 10.1. The Morgan fingerprint density at radius 1 is 0.733 bits per heavy atom. The summed E-state index contributed by atoms with van der Waals surface area (Å²) < 4.78 is 25.3. The third-order valence-corrected chi connectivity index (χ3v) is 7.19. The van der Waals surface area contributed by atoms with Gasteiger partial charge in [0.1, 0.15) is 30.2 Å². The number of benzene rings is 3. The van der Waals surface area contributed by atoms with E-state index in [0.717, 1.165) is 0 Å². The molecule has 0 aliphatic carbocycles. The second-order valence-corrected chi connectivity index (χ2v) is 10.0. The van der Waals surface area contributed by atoms with Crippen molar-refractivity contribution in [2.75, 3.05) is 12.3 Å². The van der Waals surface area contributed by atoms with Crippen LogP contribution in [-0.4, -0.2) is 57.4 Å². The number of nitrogens with two attached hydrogens (primary N) is 1. The molecule has 1 saturated heterocycles. The van der Waals surface area contributed by atoms with Gasteiger partial charge in [-0.2, -0.15) is 0 Å². The highest BCUT2D eigenvalue weighted by Crippen LogP contribution is 2.36. The number of aromatic nitrogens is 3. The Kier molecular flexibility index (Phi) is 8.29. The normalized spacial score (nSPS) is 19.1. The monoisotopic (exact) mass is 606 g/mol. The second-order valence-electron chi connectivity index (χ2n) is 10.0. The van der Waals surface area contributed by atoms with Crippen molar-refractivity contribution in [3.05, 3.63) is 136 Å². The van der Waals surface area contributed by atoms with Crippen LogP contribution in [0.3, 0.4) is 0 Å². The molecule has 45 heavy (non-hydrogen) atoms. The van der Waals surface area contributed by atoms with Crippen LogP contribution >= 0.6 is 0 Å². The minimum atomic E-state index is -1.30. The van der Waals surface area contributed by atoms with E-state index < -0.39 is 47.9 Å².